The molecule has 11 heteroatoms. The molecule has 1 aliphatic heterocycles. The summed E-state index contributed by atoms with van der Waals surface area (Å²) in [6.45, 7) is 3.86. The number of alkyl carbamates (subject to hydrolysis) is 1. The topological polar surface area (TPSA) is 88.2 Å². The van der Waals surface area contributed by atoms with E-state index in [9.17, 15) is 14.4 Å². The van der Waals surface area contributed by atoms with Gasteiger partial charge in [-0.1, -0.05) is 76.7 Å². The molecule has 43 heavy (non-hydrogen) atoms. The number of alkyl halides is 1. The fourth-order valence-electron chi connectivity index (χ4n) is 5.53. The zero-order chi connectivity index (χ0) is 30.9. The second kappa shape index (κ2) is 12.2. The third-order valence-electron chi connectivity index (χ3n) is 7.39. The maximum absolute atomic E-state index is 15.9. The van der Waals surface area contributed by atoms with Crippen molar-refractivity contribution < 1.29 is 32.7 Å². The molecule has 1 N–H and O–H groups in total. The number of likely N-dealkylation sites (tertiary alicyclic amines) is 1. The van der Waals surface area contributed by atoms with Crippen LogP contribution in [0.1, 0.15) is 43.4 Å². The highest BCUT2D eigenvalue weighted by molar-refractivity contribution is 6.30. The van der Waals surface area contributed by atoms with Gasteiger partial charge in [-0.25, -0.2) is 14.0 Å². The van der Waals surface area contributed by atoms with Crippen molar-refractivity contribution in [2.75, 3.05) is 13.2 Å². The molecular weight excluding hydrogens is 580 g/mol. The molecule has 3 amide bonds. The first-order chi connectivity index (χ1) is 20.4. The van der Waals surface area contributed by atoms with Gasteiger partial charge in [0, 0.05) is 17.5 Å². The van der Waals surface area contributed by atoms with E-state index in [-0.39, 0.29) is 17.6 Å². The summed E-state index contributed by atoms with van der Waals surface area (Å²) < 4.78 is 41.9. The maximum Gasteiger partial charge on any atom is 0.411 e. The Hall–Kier alpha value is -4.18. The summed E-state index contributed by atoms with van der Waals surface area (Å²) in [6, 6.07) is 18.6. The van der Waals surface area contributed by atoms with Crippen LogP contribution in [0.3, 0.4) is 0 Å². The largest absolute Gasteiger partial charge is 0.449 e. The van der Waals surface area contributed by atoms with Crippen molar-refractivity contribution in [1.29, 1.82) is 0 Å². The zero-order valence-corrected chi connectivity index (χ0v) is 24.7. The van der Waals surface area contributed by atoms with E-state index in [1.807, 2.05) is 48.5 Å². The third kappa shape index (κ3) is 6.59. The Labute approximate surface area is 253 Å². The Morgan fingerprint density at radius 1 is 1.00 bits per heavy atom. The molecule has 5 rings (SSSR count). The number of carbonyl (C=O) groups is 3. The Kier molecular flexibility index (Phi) is 8.59. The lowest BCUT2D eigenvalue weighted by atomic mass is 9.98. The minimum Gasteiger partial charge on any atom is -0.449 e. The highest BCUT2D eigenvalue weighted by Gasteiger charge is 2.52. The molecule has 3 aromatic rings. The summed E-state index contributed by atoms with van der Waals surface area (Å²) in [6.07, 6.45) is -4.08. The maximum atomic E-state index is 15.9. The fourth-order valence-corrected chi connectivity index (χ4v) is 5.74. The summed E-state index contributed by atoms with van der Waals surface area (Å²) in [5, 5.41) is 2.60. The van der Waals surface area contributed by atoms with Crippen LogP contribution in [0, 0.1) is 0 Å². The molecule has 2 aliphatic rings. The van der Waals surface area contributed by atoms with E-state index < -0.39 is 55.0 Å². The molecule has 1 saturated heterocycles. The van der Waals surface area contributed by atoms with Gasteiger partial charge in [-0.15, -0.1) is 0 Å². The number of nitrogens with one attached hydrogen (secondary N) is 1. The molecule has 8 nitrogen and oxygen atoms in total. The molecule has 3 aromatic carbocycles. The molecule has 0 aromatic heterocycles. The van der Waals surface area contributed by atoms with Gasteiger partial charge in [0.05, 0.1) is 12.6 Å². The van der Waals surface area contributed by atoms with Gasteiger partial charge in [0.1, 0.15) is 18.2 Å². The van der Waals surface area contributed by atoms with Gasteiger partial charge in [-0.05, 0) is 60.7 Å². The van der Waals surface area contributed by atoms with E-state index in [0.717, 1.165) is 27.2 Å². The molecule has 0 radical (unpaired) electrons. The number of carbonyl (C=O) groups excluding carboxylic acids is 3. The summed E-state index contributed by atoms with van der Waals surface area (Å²) >= 11 is 5.96. The van der Waals surface area contributed by atoms with E-state index >= 15 is 8.87 Å². The van der Waals surface area contributed by atoms with Gasteiger partial charge in [0.25, 0.3) is 5.91 Å². The third-order valence-corrected chi connectivity index (χ3v) is 7.63. The first-order valence-electron chi connectivity index (χ1n) is 13.9. The lowest BCUT2D eigenvalue weighted by Gasteiger charge is -2.29. The van der Waals surface area contributed by atoms with Crippen molar-refractivity contribution in [1.82, 2.24) is 15.3 Å². The van der Waals surface area contributed by atoms with Crippen LogP contribution >= 0.6 is 11.6 Å². The monoisotopic (exact) mass is 611 g/mol. The molecule has 0 unspecified atom stereocenters. The van der Waals surface area contributed by atoms with E-state index in [2.05, 4.69) is 5.32 Å². The first-order valence-corrected chi connectivity index (χ1v) is 14.3. The lowest BCUT2D eigenvalue weighted by Crippen LogP contribution is -2.50. The molecule has 0 spiro atoms. The smallest absolute Gasteiger partial charge is 0.411 e. The minimum absolute atomic E-state index is 0.0143. The fraction of sp³-hybridized carbons (Fsp3) is 0.344. The summed E-state index contributed by atoms with van der Waals surface area (Å²) in [5.41, 5.74) is 3.51. The number of fused-ring (bicyclic) bond motifs is 3. The van der Waals surface area contributed by atoms with Gasteiger partial charge in [-0.3, -0.25) is 9.69 Å². The standard InChI is InChI=1S/C32H32ClF2N3O5/c1-32(2,3)43-31(41)37-17-26(27(34)28(37)29(39)38(35)16-19-9-8-10-20(33)15-19)36-30(40)42-18-25-23-13-6-4-11-21(23)22-12-5-7-14-24(22)25/h4-15,25-28H,16-18H2,1-3H3,(H,36,40)/t26-,27+,28+/m1/s1. The second-order valence-electron chi connectivity index (χ2n) is 11.6. The van der Waals surface area contributed by atoms with Crippen LogP contribution in [-0.2, 0) is 20.8 Å². The lowest BCUT2D eigenvalue weighted by molar-refractivity contribution is -0.154. The second-order valence-corrected chi connectivity index (χ2v) is 12.0. The summed E-state index contributed by atoms with van der Waals surface area (Å²) in [4.78, 5) is 39.9. The molecule has 226 valence electrons. The van der Waals surface area contributed by atoms with Crippen molar-refractivity contribution in [2.45, 2.75) is 57.1 Å². The van der Waals surface area contributed by atoms with Crippen LogP contribution in [0.15, 0.2) is 72.8 Å². The molecular formula is C32H32ClF2N3O5. The average Bonchev–Trinajstić information content (AvgIpc) is 3.45. The molecule has 1 aliphatic carbocycles. The van der Waals surface area contributed by atoms with Crippen LogP contribution in [0.5, 0.6) is 0 Å². The number of rotatable bonds is 6. The highest BCUT2D eigenvalue weighted by Crippen LogP contribution is 2.44. The Balaban J connectivity index is 1.29. The van der Waals surface area contributed by atoms with Crippen molar-refractivity contribution in [3.05, 3.63) is 94.5 Å². The van der Waals surface area contributed by atoms with Gasteiger partial charge in [0.15, 0.2) is 6.17 Å². The number of benzene rings is 3. The van der Waals surface area contributed by atoms with Crippen LogP contribution in [0.2, 0.25) is 5.02 Å². The van der Waals surface area contributed by atoms with E-state index in [1.165, 1.54) is 6.07 Å². The number of halogens is 3. The highest BCUT2D eigenvalue weighted by atomic mass is 35.5. The first kappa shape index (κ1) is 30.3. The number of hydrogen-bond acceptors (Lipinski definition) is 5. The zero-order valence-electron chi connectivity index (χ0n) is 23.9. The minimum atomic E-state index is -2.14. The van der Waals surface area contributed by atoms with E-state index in [4.69, 9.17) is 21.1 Å². The van der Waals surface area contributed by atoms with Crippen LogP contribution in [-0.4, -0.2) is 65.1 Å². The number of nitrogens with zero attached hydrogens (tertiary/aromatic N) is 2. The average molecular weight is 612 g/mol. The molecule has 1 fully saturated rings. The summed E-state index contributed by atoms with van der Waals surface area (Å²) in [5.74, 6) is -1.52. The van der Waals surface area contributed by atoms with Crippen LogP contribution < -0.4 is 5.32 Å². The van der Waals surface area contributed by atoms with Crippen molar-refractivity contribution >= 4 is 29.7 Å². The van der Waals surface area contributed by atoms with Crippen molar-refractivity contribution in [3.63, 3.8) is 0 Å². The van der Waals surface area contributed by atoms with Gasteiger partial charge >= 0.3 is 12.2 Å². The van der Waals surface area contributed by atoms with Gasteiger partial charge < -0.3 is 14.8 Å². The number of ether oxygens (including phenoxy) is 2. The Morgan fingerprint density at radius 3 is 2.23 bits per heavy atom. The molecule has 0 saturated carbocycles. The Morgan fingerprint density at radius 2 is 1.63 bits per heavy atom. The van der Waals surface area contributed by atoms with Gasteiger partial charge in [0.2, 0.25) is 0 Å². The number of amides is 3. The quantitative estimate of drug-likeness (QED) is 0.325. The van der Waals surface area contributed by atoms with Crippen LogP contribution in [0.25, 0.3) is 11.1 Å². The van der Waals surface area contributed by atoms with Crippen molar-refractivity contribution in [2.24, 2.45) is 0 Å². The Bertz CT molecular complexity index is 1490. The molecule has 3 atom stereocenters. The molecule has 1 heterocycles. The predicted octanol–water partition coefficient (Wildman–Crippen LogP) is 6.42. The normalized spacial score (nSPS) is 19.4. The van der Waals surface area contributed by atoms with E-state index in [1.54, 1.807) is 39.0 Å². The number of hydrogen-bond donors (Lipinski definition) is 1. The van der Waals surface area contributed by atoms with Crippen molar-refractivity contribution in [3.8, 4) is 11.1 Å². The van der Waals surface area contributed by atoms with E-state index in [0.29, 0.717) is 10.6 Å². The molecule has 0 bridgehead atoms. The van der Waals surface area contributed by atoms with Gasteiger partial charge in [-0.2, -0.15) is 5.12 Å². The predicted molar refractivity (Wildman–Crippen MR) is 157 cm³/mol. The van der Waals surface area contributed by atoms with Crippen LogP contribution in [0.4, 0.5) is 18.5 Å². The SMILES string of the molecule is CC(C)(C)OC(=O)N1C[C@@H](NC(=O)OCC2c3ccccc3-c3ccccc32)[C@H](F)[C@H]1C(=O)N(F)Cc1cccc(Cl)c1. The summed E-state index contributed by atoms with van der Waals surface area (Å²) in [7, 11) is 0.